The molecule has 0 amide bonds. The van der Waals surface area contributed by atoms with Gasteiger partial charge in [0.05, 0.1) is 12.3 Å². The van der Waals surface area contributed by atoms with Crippen LogP contribution in [-0.2, 0) is 0 Å². The van der Waals surface area contributed by atoms with Crippen molar-refractivity contribution in [1.29, 1.82) is 0 Å². The van der Waals surface area contributed by atoms with Crippen LogP contribution in [0.25, 0.3) is 0 Å². The van der Waals surface area contributed by atoms with Gasteiger partial charge in [0.2, 0.25) is 0 Å². The summed E-state index contributed by atoms with van der Waals surface area (Å²) in [4.78, 5) is 0. The highest BCUT2D eigenvalue weighted by Gasteiger charge is 2.06. The van der Waals surface area contributed by atoms with Gasteiger partial charge in [-0.2, -0.15) is 0 Å². The molecule has 0 saturated heterocycles. The van der Waals surface area contributed by atoms with Gasteiger partial charge in [0.25, 0.3) is 0 Å². The first-order chi connectivity index (χ1) is 6.20. The normalized spacial score (nSPS) is 15.3. The van der Waals surface area contributed by atoms with Crippen LogP contribution in [0, 0.1) is 0 Å². The molecule has 2 atom stereocenters. The molecule has 0 fully saturated rings. The van der Waals surface area contributed by atoms with E-state index >= 15 is 0 Å². The number of aliphatic hydroxyl groups excluding tert-OH is 1. The van der Waals surface area contributed by atoms with Gasteiger partial charge in [-0.25, -0.2) is 0 Å². The van der Waals surface area contributed by atoms with Gasteiger partial charge in [-0.15, -0.1) is 0 Å². The van der Waals surface area contributed by atoms with Gasteiger partial charge in [0, 0.05) is 6.54 Å². The highest BCUT2D eigenvalue weighted by molar-refractivity contribution is 5.17. The number of hydrogen-bond donors (Lipinski definition) is 3. The predicted molar refractivity (Wildman–Crippen MR) is 53.1 cm³/mol. The maximum Gasteiger partial charge on any atom is 0.0914 e. The number of benzene rings is 1. The lowest BCUT2D eigenvalue weighted by Crippen LogP contribution is -2.36. The molecule has 1 aromatic carbocycles. The molecule has 0 aliphatic heterocycles. The second-order valence-electron chi connectivity index (χ2n) is 3.12. The molecular weight excluding hydrogens is 164 g/mol. The summed E-state index contributed by atoms with van der Waals surface area (Å²) >= 11 is 0. The highest BCUT2D eigenvalue weighted by Crippen LogP contribution is 2.10. The Hall–Kier alpha value is -0.900. The summed E-state index contributed by atoms with van der Waals surface area (Å²) in [6, 6.07) is 9.53. The second kappa shape index (κ2) is 4.97. The van der Waals surface area contributed by atoms with Crippen LogP contribution in [0.15, 0.2) is 30.3 Å². The van der Waals surface area contributed by atoms with E-state index in [9.17, 15) is 5.11 Å². The second-order valence-corrected chi connectivity index (χ2v) is 3.12. The van der Waals surface area contributed by atoms with E-state index in [1.807, 2.05) is 37.3 Å². The van der Waals surface area contributed by atoms with Crippen LogP contribution in [0.2, 0.25) is 0 Å². The van der Waals surface area contributed by atoms with E-state index in [-0.39, 0.29) is 6.17 Å². The van der Waals surface area contributed by atoms with Crippen LogP contribution >= 0.6 is 0 Å². The first-order valence-electron chi connectivity index (χ1n) is 4.42. The molecule has 1 aromatic rings. The fourth-order valence-corrected chi connectivity index (χ4v) is 1.09. The highest BCUT2D eigenvalue weighted by atomic mass is 16.3. The molecule has 0 aromatic heterocycles. The molecule has 0 radical (unpaired) electrons. The topological polar surface area (TPSA) is 58.3 Å². The van der Waals surface area contributed by atoms with Crippen LogP contribution in [0.4, 0.5) is 0 Å². The van der Waals surface area contributed by atoms with Crippen molar-refractivity contribution in [3.63, 3.8) is 0 Å². The standard InChI is InChI=1S/C10H16N2O/c1-8(11)12-7-10(13)9-5-3-2-4-6-9/h2-6,8,10,12-13H,7,11H2,1H3. The lowest BCUT2D eigenvalue weighted by Gasteiger charge is -2.13. The minimum Gasteiger partial charge on any atom is -0.387 e. The van der Waals surface area contributed by atoms with Crippen molar-refractivity contribution in [1.82, 2.24) is 5.32 Å². The Morgan fingerprint density at radius 1 is 1.38 bits per heavy atom. The third-order valence-corrected chi connectivity index (χ3v) is 1.82. The molecule has 0 bridgehead atoms. The molecule has 0 spiro atoms. The van der Waals surface area contributed by atoms with Crippen molar-refractivity contribution in [3.05, 3.63) is 35.9 Å². The van der Waals surface area contributed by atoms with E-state index in [2.05, 4.69) is 5.32 Å². The Morgan fingerprint density at radius 2 is 2.00 bits per heavy atom. The molecule has 0 heterocycles. The maximum atomic E-state index is 9.65. The lowest BCUT2D eigenvalue weighted by molar-refractivity contribution is 0.171. The fourth-order valence-electron chi connectivity index (χ4n) is 1.09. The quantitative estimate of drug-likeness (QED) is 0.595. The zero-order valence-electron chi connectivity index (χ0n) is 7.77. The number of nitrogens with two attached hydrogens (primary N) is 1. The van der Waals surface area contributed by atoms with Gasteiger partial charge in [-0.3, -0.25) is 5.32 Å². The summed E-state index contributed by atoms with van der Waals surface area (Å²) in [5.74, 6) is 0. The van der Waals surface area contributed by atoms with Crippen molar-refractivity contribution in [3.8, 4) is 0 Å². The Labute approximate surface area is 78.6 Å². The molecule has 0 aliphatic rings. The van der Waals surface area contributed by atoms with Crippen LogP contribution in [0.3, 0.4) is 0 Å². The third kappa shape index (κ3) is 3.55. The molecule has 0 saturated carbocycles. The molecule has 2 unspecified atom stereocenters. The minimum absolute atomic E-state index is 0.0848. The average molecular weight is 180 g/mol. The largest absolute Gasteiger partial charge is 0.387 e. The predicted octanol–water partition coefficient (Wildman–Crippen LogP) is 0.614. The van der Waals surface area contributed by atoms with Gasteiger partial charge in [-0.05, 0) is 12.5 Å². The Morgan fingerprint density at radius 3 is 2.54 bits per heavy atom. The number of rotatable bonds is 4. The van der Waals surface area contributed by atoms with Crippen molar-refractivity contribution >= 4 is 0 Å². The third-order valence-electron chi connectivity index (χ3n) is 1.82. The number of aliphatic hydroxyl groups is 1. The molecule has 0 aliphatic carbocycles. The molecule has 4 N–H and O–H groups in total. The molecule has 72 valence electrons. The van der Waals surface area contributed by atoms with E-state index in [4.69, 9.17) is 5.73 Å². The van der Waals surface area contributed by atoms with E-state index in [0.717, 1.165) is 5.56 Å². The fraction of sp³-hybridized carbons (Fsp3) is 0.400. The van der Waals surface area contributed by atoms with Gasteiger partial charge in [-0.1, -0.05) is 30.3 Å². The summed E-state index contributed by atoms with van der Waals surface area (Å²) < 4.78 is 0. The van der Waals surface area contributed by atoms with Crippen molar-refractivity contribution in [2.75, 3.05) is 6.54 Å². The molecular formula is C10H16N2O. The van der Waals surface area contributed by atoms with E-state index in [1.54, 1.807) is 0 Å². The first kappa shape index (κ1) is 10.2. The Bertz CT molecular complexity index is 236. The van der Waals surface area contributed by atoms with E-state index in [0.29, 0.717) is 6.54 Å². The zero-order chi connectivity index (χ0) is 9.68. The summed E-state index contributed by atoms with van der Waals surface area (Å²) in [7, 11) is 0. The van der Waals surface area contributed by atoms with Gasteiger partial charge >= 0.3 is 0 Å². The summed E-state index contributed by atoms with van der Waals surface area (Å²) in [6.07, 6.45) is -0.564. The molecule has 1 rings (SSSR count). The monoisotopic (exact) mass is 180 g/mol. The van der Waals surface area contributed by atoms with Gasteiger partial charge < -0.3 is 10.8 Å². The van der Waals surface area contributed by atoms with Gasteiger partial charge in [0.15, 0.2) is 0 Å². The SMILES string of the molecule is CC(N)NCC(O)c1ccccc1. The van der Waals surface area contributed by atoms with Crippen LogP contribution in [0.1, 0.15) is 18.6 Å². The lowest BCUT2D eigenvalue weighted by atomic mass is 10.1. The van der Waals surface area contributed by atoms with Crippen molar-refractivity contribution in [2.45, 2.75) is 19.2 Å². The Kier molecular flexibility index (Phi) is 3.89. The number of nitrogens with one attached hydrogen (secondary N) is 1. The summed E-state index contributed by atoms with van der Waals surface area (Å²) in [5, 5.41) is 12.6. The minimum atomic E-state index is -0.479. The Balaban J connectivity index is 2.44. The van der Waals surface area contributed by atoms with E-state index in [1.165, 1.54) is 0 Å². The molecule has 3 nitrogen and oxygen atoms in total. The molecule has 13 heavy (non-hydrogen) atoms. The van der Waals surface area contributed by atoms with Crippen LogP contribution < -0.4 is 11.1 Å². The average Bonchev–Trinajstić information content (AvgIpc) is 2.15. The first-order valence-corrected chi connectivity index (χ1v) is 4.42. The van der Waals surface area contributed by atoms with Crippen LogP contribution in [-0.4, -0.2) is 17.8 Å². The van der Waals surface area contributed by atoms with E-state index < -0.39 is 6.10 Å². The summed E-state index contributed by atoms with van der Waals surface area (Å²) in [5.41, 5.74) is 6.41. The molecule has 3 heteroatoms. The zero-order valence-corrected chi connectivity index (χ0v) is 7.77. The van der Waals surface area contributed by atoms with Crippen molar-refractivity contribution in [2.24, 2.45) is 5.73 Å². The summed E-state index contributed by atoms with van der Waals surface area (Å²) in [6.45, 7) is 2.33. The number of hydrogen-bond acceptors (Lipinski definition) is 3. The van der Waals surface area contributed by atoms with Crippen molar-refractivity contribution < 1.29 is 5.11 Å². The van der Waals surface area contributed by atoms with Crippen LogP contribution in [0.5, 0.6) is 0 Å². The smallest absolute Gasteiger partial charge is 0.0914 e. The maximum absolute atomic E-state index is 9.65. The van der Waals surface area contributed by atoms with Gasteiger partial charge in [0.1, 0.15) is 0 Å².